The SMILES string of the molecule is CC(C)CC(=O)CC(=O)[O-].CC(C)CC(=O)CC(=O)[O-].CCO.CCO.[Ti+2]. The van der Waals surface area contributed by atoms with Crippen molar-refractivity contribution in [2.75, 3.05) is 13.2 Å². The van der Waals surface area contributed by atoms with Crippen LogP contribution in [-0.4, -0.2) is 46.9 Å². The van der Waals surface area contributed by atoms with Gasteiger partial charge in [0.15, 0.2) is 0 Å². The van der Waals surface area contributed by atoms with E-state index in [-0.39, 0.29) is 58.3 Å². The fourth-order valence-corrected chi connectivity index (χ4v) is 1.38. The topological polar surface area (TPSA) is 155 Å². The molecule has 0 saturated heterocycles. The number of carbonyl (C=O) groups excluding carboxylic acids is 4. The van der Waals surface area contributed by atoms with E-state index in [0.29, 0.717) is 12.8 Å². The van der Waals surface area contributed by atoms with Crippen LogP contribution in [0.1, 0.15) is 67.2 Å². The van der Waals surface area contributed by atoms with Gasteiger partial charge in [0, 0.05) is 50.8 Å². The molecule has 0 spiro atoms. The Hall–Kier alpha value is -1.09. The molecule has 0 aromatic heterocycles. The van der Waals surface area contributed by atoms with Crippen molar-refractivity contribution in [1.29, 1.82) is 0 Å². The predicted octanol–water partition coefficient (Wildman–Crippen LogP) is -0.522. The first-order chi connectivity index (χ1) is 11.9. The predicted molar refractivity (Wildman–Crippen MR) is 93.7 cm³/mol. The average molecular weight is 426 g/mol. The summed E-state index contributed by atoms with van der Waals surface area (Å²) >= 11 is 0. The summed E-state index contributed by atoms with van der Waals surface area (Å²) in [5.41, 5.74) is 0. The first-order valence-corrected chi connectivity index (χ1v) is 8.52. The van der Waals surface area contributed by atoms with Gasteiger partial charge in [-0.05, 0) is 25.7 Å². The van der Waals surface area contributed by atoms with Crippen molar-refractivity contribution in [2.24, 2.45) is 11.8 Å². The Bertz CT molecular complexity index is 346. The second-order valence-electron chi connectivity index (χ2n) is 6.00. The molecule has 0 aromatic rings. The molecule has 0 aliphatic rings. The van der Waals surface area contributed by atoms with Crippen molar-refractivity contribution < 1.29 is 61.3 Å². The van der Waals surface area contributed by atoms with Crippen molar-refractivity contribution in [3.05, 3.63) is 0 Å². The zero-order valence-electron chi connectivity index (χ0n) is 17.2. The first-order valence-electron chi connectivity index (χ1n) is 8.52. The van der Waals surface area contributed by atoms with E-state index in [1.165, 1.54) is 0 Å². The fourth-order valence-electron chi connectivity index (χ4n) is 1.38. The maximum Gasteiger partial charge on any atom is 2.00 e. The number of rotatable bonds is 8. The van der Waals surface area contributed by atoms with Crippen LogP contribution in [0.4, 0.5) is 0 Å². The van der Waals surface area contributed by atoms with Crippen LogP contribution in [-0.2, 0) is 40.9 Å². The summed E-state index contributed by atoms with van der Waals surface area (Å²) in [6, 6.07) is 0. The molecule has 0 bridgehead atoms. The molecule has 0 amide bonds. The molecule has 27 heavy (non-hydrogen) atoms. The minimum atomic E-state index is -1.29. The van der Waals surface area contributed by atoms with Crippen LogP contribution in [0.15, 0.2) is 0 Å². The summed E-state index contributed by atoms with van der Waals surface area (Å²) in [7, 11) is 0. The number of carboxylic acid groups (broad SMARTS) is 2. The van der Waals surface area contributed by atoms with Crippen LogP contribution in [0.2, 0.25) is 0 Å². The van der Waals surface area contributed by atoms with Crippen LogP contribution in [0.5, 0.6) is 0 Å². The van der Waals surface area contributed by atoms with Gasteiger partial charge in [-0.2, -0.15) is 0 Å². The molecular formula is C18H34O8Ti. The van der Waals surface area contributed by atoms with E-state index < -0.39 is 24.8 Å². The van der Waals surface area contributed by atoms with Crippen molar-refractivity contribution in [3.8, 4) is 0 Å². The minimum Gasteiger partial charge on any atom is -0.550 e. The third-order valence-corrected chi connectivity index (χ3v) is 1.95. The average Bonchev–Trinajstić information content (AvgIpc) is 2.36. The van der Waals surface area contributed by atoms with Crippen molar-refractivity contribution in [1.82, 2.24) is 0 Å². The smallest absolute Gasteiger partial charge is 0.550 e. The van der Waals surface area contributed by atoms with E-state index in [4.69, 9.17) is 10.2 Å². The largest absolute Gasteiger partial charge is 2.00 e. The molecule has 0 rings (SSSR count). The quantitative estimate of drug-likeness (QED) is 0.388. The summed E-state index contributed by atoms with van der Waals surface area (Å²) in [6.07, 6.45) is -0.238. The first kappa shape index (κ1) is 36.8. The van der Waals surface area contributed by atoms with Gasteiger partial charge in [-0.3, -0.25) is 9.59 Å². The zero-order chi connectivity index (χ0) is 21.7. The molecule has 2 N–H and O–H groups in total. The normalized spacial score (nSPS) is 8.67. The molecule has 0 fully saturated rings. The van der Waals surface area contributed by atoms with Crippen molar-refractivity contribution in [3.63, 3.8) is 0 Å². The number of ketones is 2. The maximum atomic E-state index is 10.6. The standard InChI is InChI=1S/2C7H12O3.2C2H6O.Ti/c2*1-5(2)3-6(8)4-7(9)10;2*1-2-3;/h2*5H,3-4H2,1-2H3,(H,9,10);2*3H,2H2,1H3;/q;;;;+2/p-2. The third-order valence-electron chi connectivity index (χ3n) is 1.95. The van der Waals surface area contributed by atoms with Gasteiger partial charge in [-0.25, -0.2) is 0 Å². The summed E-state index contributed by atoms with van der Waals surface area (Å²) in [5.74, 6) is -2.62. The number of aliphatic hydroxyl groups is 2. The monoisotopic (exact) mass is 426 g/mol. The Labute approximate surface area is 177 Å². The van der Waals surface area contributed by atoms with E-state index in [2.05, 4.69) is 0 Å². The van der Waals surface area contributed by atoms with Gasteiger partial charge in [0.2, 0.25) is 0 Å². The molecule has 158 valence electrons. The Morgan fingerprint density at radius 2 is 0.889 bits per heavy atom. The number of hydrogen-bond acceptors (Lipinski definition) is 8. The summed E-state index contributed by atoms with van der Waals surface area (Å²) in [4.78, 5) is 41.0. The van der Waals surface area contributed by atoms with Crippen LogP contribution < -0.4 is 10.2 Å². The number of carboxylic acids is 2. The summed E-state index contributed by atoms with van der Waals surface area (Å²) in [5, 5.41) is 34.9. The van der Waals surface area contributed by atoms with Gasteiger partial charge in [0.1, 0.15) is 11.6 Å². The number of hydrogen-bond donors (Lipinski definition) is 2. The zero-order valence-corrected chi connectivity index (χ0v) is 18.8. The van der Waals surface area contributed by atoms with E-state index >= 15 is 0 Å². The number of aliphatic carboxylic acids is 2. The molecule has 0 atom stereocenters. The molecule has 9 heteroatoms. The van der Waals surface area contributed by atoms with E-state index in [1.807, 2.05) is 27.7 Å². The second-order valence-corrected chi connectivity index (χ2v) is 6.00. The molecule has 0 aliphatic carbocycles. The summed E-state index contributed by atoms with van der Waals surface area (Å²) < 4.78 is 0. The van der Waals surface area contributed by atoms with E-state index in [1.54, 1.807) is 13.8 Å². The van der Waals surface area contributed by atoms with Crippen LogP contribution >= 0.6 is 0 Å². The Morgan fingerprint density at radius 3 is 1.00 bits per heavy atom. The van der Waals surface area contributed by atoms with Crippen LogP contribution in [0, 0.1) is 11.8 Å². The Balaban J connectivity index is -0.0000000899. The molecule has 0 unspecified atom stereocenters. The maximum absolute atomic E-state index is 10.6. The van der Waals surface area contributed by atoms with Crippen molar-refractivity contribution >= 4 is 23.5 Å². The second kappa shape index (κ2) is 27.1. The minimum absolute atomic E-state index is 0. The van der Waals surface area contributed by atoms with Gasteiger partial charge in [-0.15, -0.1) is 0 Å². The molecule has 8 nitrogen and oxygen atoms in total. The molecule has 0 radical (unpaired) electrons. The van der Waals surface area contributed by atoms with Crippen LogP contribution in [0.3, 0.4) is 0 Å². The van der Waals surface area contributed by atoms with E-state index in [0.717, 1.165) is 0 Å². The van der Waals surface area contributed by atoms with Crippen LogP contribution in [0.25, 0.3) is 0 Å². The Morgan fingerprint density at radius 1 is 0.704 bits per heavy atom. The van der Waals surface area contributed by atoms with Gasteiger partial charge < -0.3 is 30.0 Å². The fraction of sp³-hybridized carbons (Fsp3) is 0.778. The molecular weight excluding hydrogens is 392 g/mol. The van der Waals surface area contributed by atoms with Gasteiger partial charge in [-0.1, -0.05) is 27.7 Å². The van der Waals surface area contributed by atoms with Gasteiger partial charge in [0.25, 0.3) is 0 Å². The summed E-state index contributed by atoms with van der Waals surface area (Å²) in [6.45, 7) is 11.3. The molecule has 0 aromatic carbocycles. The number of aliphatic hydroxyl groups excluding tert-OH is 2. The van der Waals surface area contributed by atoms with Crippen molar-refractivity contribution in [2.45, 2.75) is 67.2 Å². The van der Waals surface area contributed by atoms with Gasteiger partial charge in [0.05, 0.1) is 0 Å². The van der Waals surface area contributed by atoms with E-state index in [9.17, 15) is 29.4 Å². The van der Waals surface area contributed by atoms with Gasteiger partial charge >= 0.3 is 21.7 Å². The molecule has 0 saturated carbocycles. The third kappa shape index (κ3) is 58.8. The number of Topliss-reactive ketones (excluding diaryl/α,β-unsaturated/α-hetero) is 2. The Kier molecular flexibility index (Phi) is 37.0. The molecule has 0 aliphatic heterocycles. The number of carbonyl (C=O) groups is 4. The molecule has 0 heterocycles.